The Morgan fingerprint density at radius 2 is 2.09 bits per heavy atom. The van der Waals surface area contributed by atoms with Gasteiger partial charge in [0, 0.05) is 20.1 Å². The lowest BCUT2D eigenvalue weighted by Gasteiger charge is -2.22. The van der Waals surface area contributed by atoms with Gasteiger partial charge in [-0.1, -0.05) is 18.2 Å². The Morgan fingerprint density at radius 1 is 1.35 bits per heavy atom. The van der Waals surface area contributed by atoms with Crippen LogP contribution in [-0.4, -0.2) is 50.5 Å². The van der Waals surface area contributed by atoms with Crippen LogP contribution in [0, 0.1) is 0 Å². The van der Waals surface area contributed by atoms with Gasteiger partial charge in [-0.2, -0.15) is 5.10 Å². The number of amides is 1. The van der Waals surface area contributed by atoms with E-state index >= 15 is 0 Å². The van der Waals surface area contributed by atoms with Crippen LogP contribution in [0.25, 0.3) is 0 Å². The number of esters is 1. The van der Waals surface area contributed by atoms with Crippen molar-refractivity contribution in [1.29, 1.82) is 0 Å². The highest BCUT2D eigenvalue weighted by molar-refractivity contribution is 6.38. The van der Waals surface area contributed by atoms with Crippen LogP contribution in [0.3, 0.4) is 0 Å². The van der Waals surface area contributed by atoms with E-state index in [1.165, 1.54) is 0 Å². The molecule has 0 fully saturated rings. The summed E-state index contributed by atoms with van der Waals surface area (Å²) in [5.41, 5.74) is 1.00. The third-order valence-electron chi connectivity index (χ3n) is 3.35. The quantitative estimate of drug-likeness (QED) is 0.598. The van der Waals surface area contributed by atoms with Crippen molar-refractivity contribution >= 4 is 23.3 Å². The van der Waals surface area contributed by atoms with Crippen molar-refractivity contribution in [2.75, 3.05) is 31.9 Å². The molecule has 2 rings (SSSR count). The lowest BCUT2D eigenvalue weighted by atomic mass is 10.1. The molecule has 1 atom stereocenters. The van der Waals surface area contributed by atoms with Crippen molar-refractivity contribution in [3.63, 3.8) is 0 Å². The van der Waals surface area contributed by atoms with Crippen molar-refractivity contribution in [2.45, 2.75) is 19.4 Å². The molecule has 0 saturated heterocycles. The van der Waals surface area contributed by atoms with E-state index in [0.717, 1.165) is 5.69 Å². The molecule has 1 aromatic rings. The van der Waals surface area contributed by atoms with Crippen molar-refractivity contribution in [2.24, 2.45) is 5.10 Å². The minimum atomic E-state index is -0.575. The molecule has 0 aromatic heterocycles. The number of para-hydroxylation sites is 1. The second-order valence-corrected chi connectivity index (χ2v) is 4.95. The van der Waals surface area contributed by atoms with Crippen LogP contribution in [-0.2, 0) is 19.1 Å². The summed E-state index contributed by atoms with van der Waals surface area (Å²) in [7, 11) is 1.57. The largest absolute Gasteiger partial charge is 0.461 e. The maximum Gasteiger partial charge on any atom is 0.354 e. The van der Waals surface area contributed by atoms with Crippen molar-refractivity contribution in [3.8, 4) is 0 Å². The molecule has 7 heteroatoms. The van der Waals surface area contributed by atoms with E-state index in [0.29, 0.717) is 13.2 Å². The van der Waals surface area contributed by atoms with E-state index in [9.17, 15) is 9.59 Å². The summed E-state index contributed by atoms with van der Waals surface area (Å²) in [6.07, 6.45) is 0.215. The summed E-state index contributed by atoms with van der Waals surface area (Å²) in [5, 5.41) is 8.64. The Bertz CT molecular complexity index is 574. The summed E-state index contributed by atoms with van der Waals surface area (Å²) in [6.45, 7) is 2.84. The molecule has 7 nitrogen and oxygen atoms in total. The monoisotopic (exact) mass is 319 g/mol. The first kappa shape index (κ1) is 17.0. The predicted octanol–water partition coefficient (Wildman–Crippen LogP) is 0.947. The number of anilines is 1. The van der Waals surface area contributed by atoms with Gasteiger partial charge in [0.15, 0.2) is 0 Å². The maximum absolute atomic E-state index is 12.4. The highest BCUT2D eigenvalue weighted by Gasteiger charge is 2.36. The maximum atomic E-state index is 12.4. The topological polar surface area (TPSA) is 80.2 Å². The third-order valence-corrected chi connectivity index (χ3v) is 3.35. The molecule has 124 valence electrons. The molecule has 1 unspecified atom stereocenters. The fraction of sp³-hybridized carbons (Fsp3) is 0.438. The van der Waals surface area contributed by atoms with Crippen LogP contribution in [0.15, 0.2) is 35.4 Å². The molecule has 0 saturated carbocycles. The normalized spacial score (nSPS) is 16.9. The van der Waals surface area contributed by atoms with Crippen LogP contribution in [0.5, 0.6) is 0 Å². The molecule has 1 aliphatic heterocycles. The number of nitrogens with zero attached hydrogens (tertiary/aromatic N) is 2. The highest BCUT2D eigenvalue weighted by atomic mass is 16.5. The molecule has 1 heterocycles. The van der Waals surface area contributed by atoms with Gasteiger partial charge in [0.05, 0.1) is 18.9 Å². The van der Waals surface area contributed by atoms with Crippen molar-refractivity contribution in [1.82, 2.24) is 5.32 Å². The number of ether oxygens (including phenoxy) is 2. The molecule has 0 radical (unpaired) electrons. The summed E-state index contributed by atoms with van der Waals surface area (Å²) in [6, 6.07) is 8.69. The second-order valence-electron chi connectivity index (χ2n) is 4.95. The van der Waals surface area contributed by atoms with Gasteiger partial charge in [0.25, 0.3) is 0 Å². The lowest BCUT2D eigenvalue weighted by molar-refractivity contribution is -0.135. The molecule has 1 amide bonds. The fourth-order valence-corrected chi connectivity index (χ4v) is 2.27. The number of hydrogen-bond donors (Lipinski definition) is 1. The Labute approximate surface area is 135 Å². The minimum absolute atomic E-state index is 0.200. The minimum Gasteiger partial charge on any atom is -0.461 e. The Balaban J connectivity index is 2.16. The van der Waals surface area contributed by atoms with E-state index < -0.39 is 12.0 Å². The average Bonchev–Trinajstić information content (AvgIpc) is 3.01. The molecular weight excluding hydrogens is 298 g/mol. The van der Waals surface area contributed by atoms with Gasteiger partial charge in [0.1, 0.15) is 11.8 Å². The summed E-state index contributed by atoms with van der Waals surface area (Å²) in [4.78, 5) is 24.3. The van der Waals surface area contributed by atoms with Gasteiger partial charge in [-0.15, -0.1) is 0 Å². The Kier molecular flexibility index (Phi) is 6.10. The number of nitrogens with one attached hydrogen (secondary N) is 1. The molecule has 1 N–H and O–H groups in total. The third kappa shape index (κ3) is 4.29. The van der Waals surface area contributed by atoms with E-state index in [1.807, 2.05) is 30.3 Å². The van der Waals surface area contributed by atoms with E-state index in [2.05, 4.69) is 10.4 Å². The molecule has 1 aliphatic rings. The summed E-state index contributed by atoms with van der Waals surface area (Å²) < 4.78 is 9.92. The van der Waals surface area contributed by atoms with E-state index in [4.69, 9.17) is 9.47 Å². The van der Waals surface area contributed by atoms with Gasteiger partial charge in [0.2, 0.25) is 5.91 Å². The average molecular weight is 319 g/mol. The van der Waals surface area contributed by atoms with E-state index in [1.54, 1.807) is 19.0 Å². The van der Waals surface area contributed by atoms with Gasteiger partial charge >= 0.3 is 5.97 Å². The van der Waals surface area contributed by atoms with Gasteiger partial charge in [-0.05, 0) is 19.1 Å². The molecule has 0 spiro atoms. The fourth-order valence-electron chi connectivity index (χ4n) is 2.27. The summed E-state index contributed by atoms with van der Waals surface area (Å²) >= 11 is 0. The predicted molar refractivity (Wildman–Crippen MR) is 86.3 cm³/mol. The number of hydrogen-bond acceptors (Lipinski definition) is 6. The number of carbonyl (C=O) groups is 2. The standard InChI is InChI=1S/C16H21N3O4/c1-3-23-16(21)13-11-14(15(20)17-9-10-22-2)19(18-13)12-7-5-4-6-8-12/h4-8,14H,3,9-11H2,1-2H3,(H,17,20). The van der Waals surface area contributed by atoms with Gasteiger partial charge in [-0.25, -0.2) is 4.79 Å². The SMILES string of the molecule is CCOC(=O)C1=NN(c2ccccc2)C(C(=O)NCCOC)C1. The first-order chi connectivity index (χ1) is 11.2. The molecule has 0 bridgehead atoms. The zero-order valence-corrected chi connectivity index (χ0v) is 13.3. The smallest absolute Gasteiger partial charge is 0.354 e. The second kappa shape index (κ2) is 8.28. The first-order valence-corrected chi connectivity index (χ1v) is 7.53. The number of rotatable bonds is 7. The number of methoxy groups -OCH3 is 1. The van der Waals surface area contributed by atoms with Crippen molar-refractivity contribution in [3.05, 3.63) is 30.3 Å². The van der Waals surface area contributed by atoms with Crippen LogP contribution < -0.4 is 10.3 Å². The number of benzene rings is 1. The zero-order valence-electron chi connectivity index (χ0n) is 13.3. The zero-order chi connectivity index (χ0) is 16.7. The summed E-state index contributed by atoms with van der Waals surface area (Å²) in [5.74, 6) is -0.686. The number of hydrazone groups is 1. The van der Waals surface area contributed by atoms with Crippen LogP contribution in [0.4, 0.5) is 5.69 Å². The van der Waals surface area contributed by atoms with Crippen LogP contribution >= 0.6 is 0 Å². The Morgan fingerprint density at radius 3 is 2.74 bits per heavy atom. The molecule has 23 heavy (non-hydrogen) atoms. The first-order valence-electron chi connectivity index (χ1n) is 7.53. The van der Waals surface area contributed by atoms with Crippen LogP contribution in [0.2, 0.25) is 0 Å². The lowest BCUT2D eigenvalue weighted by Crippen LogP contribution is -2.43. The van der Waals surface area contributed by atoms with Crippen molar-refractivity contribution < 1.29 is 19.1 Å². The van der Waals surface area contributed by atoms with Gasteiger partial charge < -0.3 is 14.8 Å². The van der Waals surface area contributed by atoms with Gasteiger partial charge in [-0.3, -0.25) is 9.80 Å². The number of carbonyl (C=O) groups excluding carboxylic acids is 2. The molecular formula is C16H21N3O4. The van der Waals surface area contributed by atoms with E-state index in [-0.39, 0.29) is 24.6 Å². The molecule has 1 aromatic carbocycles. The highest BCUT2D eigenvalue weighted by Crippen LogP contribution is 2.24. The molecule has 0 aliphatic carbocycles. The Hall–Kier alpha value is -2.41. The van der Waals surface area contributed by atoms with Crippen LogP contribution in [0.1, 0.15) is 13.3 Å².